The molecule has 5 nitrogen and oxygen atoms in total. The number of aryl methyl sites for hydroxylation is 2. The number of nitrogens with one attached hydrogen (secondary N) is 1. The van der Waals surface area contributed by atoms with Gasteiger partial charge in [-0.15, -0.1) is 16.4 Å². The summed E-state index contributed by atoms with van der Waals surface area (Å²) in [5, 5.41) is 8.16. The van der Waals surface area contributed by atoms with Gasteiger partial charge in [-0.3, -0.25) is 9.48 Å². The largest absolute Gasteiger partial charge is 0.476 e. The lowest BCUT2D eigenvalue weighted by atomic mass is 10.2. The lowest BCUT2D eigenvalue weighted by Crippen LogP contribution is -2.09. The molecule has 0 spiro atoms. The van der Waals surface area contributed by atoms with Crippen LogP contribution in [0.15, 0.2) is 30.3 Å². The smallest absolute Gasteiger partial charge is 0.265 e. The van der Waals surface area contributed by atoms with Crippen LogP contribution >= 0.6 is 11.3 Å². The molecule has 22 heavy (non-hydrogen) atoms. The van der Waals surface area contributed by atoms with Crippen molar-refractivity contribution in [1.82, 2.24) is 9.78 Å². The van der Waals surface area contributed by atoms with Crippen LogP contribution in [0, 0.1) is 6.92 Å². The van der Waals surface area contributed by atoms with Crippen molar-refractivity contribution >= 4 is 33.8 Å². The average Bonchev–Trinajstić information content (AvgIpc) is 3.05. The van der Waals surface area contributed by atoms with Crippen LogP contribution in [0.3, 0.4) is 0 Å². The number of hydrogen-bond donors (Lipinski definition) is 1. The Labute approximate surface area is 132 Å². The maximum Gasteiger partial charge on any atom is 0.265 e. The number of fused-ring (bicyclic) bond motifs is 1. The van der Waals surface area contributed by atoms with E-state index in [-0.39, 0.29) is 5.91 Å². The Morgan fingerprint density at radius 3 is 2.86 bits per heavy atom. The summed E-state index contributed by atoms with van der Waals surface area (Å²) in [7, 11) is 1.87. The second-order valence-electron chi connectivity index (χ2n) is 4.96. The van der Waals surface area contributed by atoms with Gasteiger partial charge in [0.1, 0.15) is 0 Å². The lowest BCUT2D eigenvalue weighted by Gasteiger charge is -2.04. The van der Waals surface area contributed by atoms with Crippen molar-refractivity contribution in [2.45, 2.75) is 13.8 Å². The Morgan fingerprint density at radius 1 is 1.36 bits per heavy atom. The van der Waals surface area contributed by atoms with Crippen molar-refractivity contribution in [2.24, 2.45) is 7.05 Å². The molecule has 0 aliphatic carbocycles. The van der Waals surface area contributed by atoms with Crippen LogP contribution in [-0.4, -0.2) is 22.3 Å². The van der Waals surface area contributed by atoms with Gasteiger partial charge >= 0.3 is 0 Å². The molecule has 3 aromatic rings. The van der Waals surface area contributed by atoms with Gasteiger partial charge < -0.3 is 10.1 Å². The molecule has 1 amide bonds. The molecule has 0 saturated carbocycles. The van der Waals surface area contributed by atoms with E-state index in [1.54, 1.807) is 4.68 Å². The normalized spacial score (nSPS) is 10.9. The Kier molecular flexibility index (Phi) is 3.85. The molecule has 2 heterocycles. The average molecular weight is 315 g/mol. The van der Waals surface area contributed by atoms with E-state index in [4.69, 9.17) is 4.74 Å². The highest BCUT2D eigenvalue weighted by molar-refractivity contribution is 7.14. The molecule has 0 aliphatic heterocycles. The maximum absolute atomic E-state index is 12.2. The second-order valence-corrected chi connectivity index (χ2v) is 6.25. The van der Waals surface area contributed by atoms with Crippen molar-refractivity contribution in [3.8, 4) is 5.88 Å². The van der Waals surface area contributed by atoms with Gasteiger partial charge in [-0.1, -0.05) is 0 Å². The van der Waals surface area contributed by atoms with Crippen LogP contribution < -0.4 is 10.1 Å². The summed E-state index contributed by atoms with van der Waals surface area (Å²) in [6.07, 6.45) is 0. The minimum absolute atomic E-state index is 0.0979. The van der Waals surface area contributed by atoms with Crippen molar-refractivity contribution in [3.05, 3.63) is 40.1 Å². The number of nitrogens with zero attached hydrogens (tertiary/aromatic N) is 2. The zero-order chi connectivity index (χ0) is 15.7. The number of anilines is 1. The summed E-state index contributed by atoms with van der Waals surface area (Å²) in [6, 6.07) is 9.48. The molecule has 0 saturated heterocycles. The highest BCUT2D eigenvalue weighted by Gasteiger charge is 2.12. The third kappa shape index (κ3) is 2.69. The number of hydrogen-bond acceptors (Lipinski definition) is 4. The zero-order valence-corrected chi connectivity index (χ0v) is 13.5. The van der Waals surface area contributed by atoms with Gasteiger partial charge in [0.15, 0.2) is 0 Å². The summed E-state index contributed by atoms with van der Waals surface area (Å²) < 4.78 is 7.32. The zero-order valence-electron chi connectivity index (χ0n) is 12.7. The summed E-state index contributed by atoms with van der Waals surface area (Å²) in [6.45, 7) is 4.46. The molecule has 6 heteroatoms. The van der Waals surface area contributed by atoms with E-state index in [9.17, 15) is 4.79 Å². The monoisotopic (exact) mass is 315 g/mol. The third-order valence-electron chi connectivity index (χ3n) is 3.32. The first kappa shape index (κ1) is 14.6. The number of aromatic nitrogens is 2. The van der Waals surface area contributed by atoms with E-state index in [0.717, 1.165) is 21.5 Å². The van der Waals surface area contributed by atoms with Gasteiger partial charge in [0.25, 0.3) is 5.91 Å². The Bertz CT molecular complexity index is 835. The van der Waals surface area contributed by atoms with E-state index in [1.165, 1.54) is 11.3 Å². The highest BCUT2D eigenvalue weighted by Crippen LogP contribution is 2.28. The standard InChI is InChI=1S/C16H17N3O2S/c1-4-21-16-12-9-11(6-7-13(12)19(3)18-16)17-15(20)14-8-5-10(2)22-14/h5-9H,4H2,1-3H3,(H,17,20). The number of carbonyl (C=O) groups excluding carboxylic acids is 1. The van der Waals surface area contributed by atoms with Gasteiger partial charge in [-0.2, -0.15) is 0 Å². The van der Waals surface area contributed by atoms with Crippen LogP contribution in [0.1, 0.15) is 21.5 Å². The first-order chi connectivity index (χ1) is 10.6. The quantitative estimate of drug-likeness (QED) is 0.800. The van der Waals surface area contributed by atoms with E-state index >= 15 is 0 Å². The number of thiophene rings is 1. The molecular weight excluding hydrogens is 298 g/mol. The predicted octanol–water partition coefficient (Wildman–Crippen LogP) is 3.59. The third-order valence-corrected chi connectivity index (χ3v) is 4.32. The number of amides is 1. The van der Waals surface area contributed by atoms with E-state index < -0.39 is 0 Å². The molecule has 2 aromatic heterocycles. The van der Waals surface area contributed by atoms with Crippen molar-refractivity contribution in [2.75, 3.05) is 11.9 Å². The fraction of sp³-hybridized carbons (Fsp3) is 0.250. The van der Waals surface area contributed by atoms with Gasteiger partial charge in [-0.05, 0) is 44.2 Å². The molecule has 1 N–H and O–H groups in total. The molecule has 3 rings (SSSR count). The van der Waals surface area contributed by atoms with E-state index in [2.05, 4.69) is 10.4 Å². The molecule has 0 radical (unpaired) electrons. The first-order valence-corrected chi connectivity index (χ1v) is 7.87. The lowest BCUT2D eigenvalue weighted by molar-refractivity contribution is 0.103. The molecule has 0 aliphatic rings. The molecule has 1 aromatic carbocycles. The van der Waals surface area contributed by atoms with Crippen LogP contribution in [0.2, 0.25) is 0 Å². The number of ether oxygens (including phenoxy) is 1. The summed E-state index contributed by atoms with van der Waals surface area (Å²) >= 11 is 1.48. The van der Waals surface area contributed by atoms with Crippen LogP contribution in [-0.2, 0) is 7.05 Å². The fourth-order valence-electron chi connectivity index (χ4n) is 2.30. The summed E-state index contributed by atoms with van der Waals surface area (Å²) in [5.74, 6) is 0.488. The number of carbonyl (C=O) groups is 1. The number of benzene rings is 1. The molecule has 0 unspecified atom stereocenters. The summed E-state index contributed by atoms with van der Waals surface area (Å²) in [5.41, 5.74) is 1.70. The van der Waals surface area contributed by atoms with Crippen LogP contribution in [0.4, 0.5) is 5.69 Å². The highest BCUT2D eigenvalue weighted by atomic mass is 32.1. The van der Waals surface area contributed by atoms with Crippen molar-refractivity contribution in [3.63, 3.8) is 0 Å². The van der Waals surface area contributed by atoms with Gasteiger partial charge in [0.05, 0.1) is 22.4 Å². The minimum Gasteiger partial charge on any atom is -0.476 e. The maximum atomic E-state index is 12.2. The Hall–Kier alpha value is -2.34. The van der Waals surface area contributed by atoms with Crippen LogP contribution in [0.5, 0.6) is 5.88 Å². The Morgan fingerprint density at radius 2 is 2.18 bits per heavy atom. The van der Waals surface area contributed by atoms with E-state index in [0.29, 0.717) is 17.4 Å². The topological polar surface area (TPSA) is 56.1 Å². The van der Waals surface area contributed by atoms with Gasteiger partial charge in [0.2, 0.25) is 5.88 Å². The first-order valence-electron chi connectivity index (χ1n) is 7.06. The SMILES string of the molecule is CCOc1nn(C)c2ccc(NC(=O)c3ccc(C)s3)cc12. The molecule has 114 valence electrons. The van der Waals surface area contributed by atoms with Gasteiger partial charge in [-0.25, -0.2) is 0 Å². The second kappa shape index (κ2) is 5.81. The summed E-state index contributed by atoms with van der Waals surface area (Å²) in [4.78, 5) is 14.0. The van der Waals surface area contributed by atoms with Crippen molar-refractivity contribution < 1.29 is 9.53 Å². The van der Waals surface area contributed by atoms with Crippen molar-refractivity contribution in [1.29, 1.82) is 0 Å². The van der Waals surface area contributed by atoms with Gasteiger partial charge in [0, 0.05) is 17.6 Å². The Balaban J connectivity index is 1.91. The molecule has 0 fully saturated rings. The van der Waals surface area contributed by atoms with Crippen LogP contribution in [0.25, 0.3) is 10.9 Å². The molecular formula is C16H17N3O2S. The molecule has 0 bridgehead atoms. The minimum atomic E-state index is -0.0979. The molecule has 0 atom stereocenters. The number of rotatable bonds is 4. The fourth-order valence-corrected chi connectivity index (χ4v) is 3.07. The predicted molar refractivity (Wildman–Crippen MR) is 88.9 cm³/mol. The van der Waals surface area contributed by atoms with E-state index in [1.807, 2.05) is 51.2 Å².